The monoisotopic (exact) mass is 137 g/mol. The molecule has 0 saturated carbocycles. The highest BCUT2D eigenvalue weighted by Crippen LogP contribution is 1.83. The SMILES string of the molecule is O=C(Cl)ON=C=S. The Labute approximate surface area is 49.9 Å². The predicted octanol–water partition coefficient (Wildman–Crippen LogP) is 1.38. The summed E-state index contributed by atoms with van der Waals surface area (Å²) >= 11 is 8.63. The van der Waals surface area contributed by atoms with E-state index in [0.29, 0.717) is 0 Å². The van der Waals surface area contributed by atoms with E-state index in [9.17, 15) is 4.79 Å². The van der Waals surface area contributed by atoms with Gasteiger partial charge in [-0.05, 0) is 17.4 Å². The summed E-state index contributed by atoms with van der Waals surface area (Å²) in [6.07, 6.45) is 0. The molecule has 38 valence electrons. The van der Waals surface area contributed by atoms with E-state index in [0.717, 1.165) is 0 Å². The van der Waals surface area contributed by atoms with Crippen molar-refractivity contribution in [2.45, 2.75) is 0 Å². The van der Waals surface area contributed by atoms with E-state index in [-0.39, 0.29) is 0 Å². The van der Waals surface area contributed by atoms with E-state index in [1.165, 1.54) is 0 Å². The highest BCUT2D eigenvalue weighted by molar-refractivity contribution is 7.78. The van der Waals surface area contributed by atoms with Gasteiger partial charge in [-0.3, -0.25) is 4.84 Å². The molecular formula is C2ClNO2S. The third-order valence-corrected chi connectivity index (χ3v) is 0.298. The smallest absolute Gasteiger partial charge is 0.293 e. The fourth-order valence-corrected chi connectivity index (χ4v) is 0.126. The standard InChI is InChI=1S/C2ClNO2S/c3-2(5)6-4-1-7. The van der Waals surface area contributed by atoms with Crippen LogP contribution in [0.2, 0.25) is 0 Å². The zero-order chi connectivity index (χ0) is 5.70. The molecule has 0 N–H and O–H groups in total. The van der Waals surface area contributed by atoms with Crippen molar-refractivity contribution < 1.29 is 9.63 Å². The van der Waals surface area contributed by atoms with E-state index in [1.54, 1.807) is 5.16 Å². The van der Waals surface area contributed by atoms with Crippen molar-refractivity contribution in [1.82, 2.24) is 0 Å². The van der Waals surface area contributed by atoms with Crippen LogP contribution in [-0.4, -0.2) is 10.6 Å². The maximum atomic E-state index is 9.57. The Morgan fingerprint density at radius 2 is 2.57 bits per heavy atom. The molecule has 0 radical (unpaired) electrons. The van der Waals surface area contributed by atoms with Crippen LogP contribution in [0.3, 0.4) is 0 Å². The first-order valence-electron chi connectivity index (χ1n) is 1.21. The average Bonchev–Trinajstić information content (AvgIpc) is 1.61. The van der Waals surface area contributed by atoms with Crippen LogP contribution in [0.4, 0.5) is 4.79 Å². The quantitative estimate of drug-likeness (QED) is 0.180. The molecule has 0 spiro atoms. The molecule has 0 aliphatic rings. The van der Waals surface area contributed by atoms with Gasteiger partial charge in [-0.15, -0.1) is 0 Å². The Hall–Kier alpha value is -0.440. The summed E-state index contributed by atoms with van der Waals surface area (Å²) < 4.78 is 0. The van der Waals surface area contributed by atoms with Crippen molar-refractivity contribution in [3.63, 3.8) is 0 Å². The molecule has 0 fully saturated rings. The maximum Gasteiger partial charge on any atom is 0.430 e. The summed E-state index contributed by atoms with van der Waals surface area (Å²) in [6.45, 7) is 0. The second-order valence-corrected chi connectivity index (χ2v) is 1.00. The Kier molecular flexibility index (Phi) is 3.50. The van der Waals surface area contributed by atoms with Gasteiger partial charge in [0.05, 0.1) is 0 Å². The van der Waals surface area contributed by atoms with Gasteiger partial charge < -0.3 is 0 Å². The molecule has 7 heavy (non-hydrogen) atoms. The van der Waals surface area contributed by atoms with E-state index in [1.807, 2.05) is 0 Å². The lowest BCUT2D eigenvalue weighted by atomic mass is 11.6. The van der Waals surface area contributed by atoms with Gasteiger partial charge in [-0.2, -0.15) is 0 Å². The summed E-state index contributed by atoms with van der Waals surface area (Å²) in [5, 5.41) is 4.53. The molecule has 0 rings (SSSR count). The van der Waals surface area contributed by atoms with Crippen molar-refractivity contribution in [2.75, 3.05) is 0 Å². The number of hydrogen-bond acceptors (Lipinski definition) is 4. The zero-order valence-electron chi connectivity index (χ0n) is 3.05. The number of isothiocyanates is 1. The fourth-order valence-electron chi connectivity index (χ4n) is 0.0545. The molecule has 0 aromatic rings. The minimum Gasteiger partial charge on any atom is -0.293 e. The minimum absolute atomic E-state index is 1.02. The molecule has 0 aliphatic heterocycles. The molecule has 0 aliphatic carbocycles. The van der Waals surface area contributed by atoms with Gasteiger partial charge in [-0.1, -0.05) is 0 Å². The summed E-state index contributed by atoms with van der Waals surface area (Å²) in [6, 6.07) is 0. The van der Waals surface area contributed by atoms with Crippen LogP contribution in [0.5, 0.6) is 0 Å². The topological polar surface area (TPSA) is 38.7 Å². The van der Waals surface area contributed by atoms with Crippen LogP contribution >= 0.6 is 23.8 Å². The third-order valence-electron chi connectivity index (χ3n) is 0.155. The zero-order valence-corrected chi connectivity index (χ0v) is 4.62. The van der Waals surface area contributed by atoms with Crippen LogP contribution < -0.4 is 0 Å². The van der Waals surface area contributed by atoms with E-state index in [4.69, 9.17) is 0 Å². The number of carbonyl (C=O) groups excluding carboxylic acids is 1. The van der Waals surface area contributed by atoms with Gasteiger partial charge in [-0.25, -0.2) is 4.79 Å². The molecule has 0 aromatic carbocycles. The third kappa shape index (κ3) is 5.56. The predicted molar refractivity (Wildman–Crippen MR) is 27.4 cm³/mol. The normalized spacial score (nSPS) is 6.43. The lowest BCUT2D eigenvalue weighted by molar-refractivity contribution is 0.179. The number of carbonyl (C=O) groups is 1. The summed E-state index contributed by atoms with van der Waals surface area (Å²) in [5.41, 5.74) is -1.02. The van der Waals surface area contributed by atoms with Crippen molar-refractivity contribution in [3.05, 3.63) is 0 Å². The Morgan fingerprint density at radius 3 is 2.71 bits per heavy atom. The highest BCUT2D eigenvalue weighted by atomic mass is 35.5. The van der Waals surface area contributed by atoms with Crippen molar-refractivity contribution in [2.24, 2.45) is 5.16 Å². The van der Waals surface area contributed by atoms with Crippen molar-refractivity contribution in [3.8, 4) is 0 Å². The molecule has 0 heterocycles. The maximum absolute atomic E-state index is 9.57. The summed E-state index contributed by atoms with van der Waals surface area (Å²) in [4.78, 5) is 13.3. The first-order chi connectivity index (χ1) is 3.27. The molecular weight excluding hydrogens is 138 g/mol. The second kappa shape index (κ2) is 3.74. The Bertz CT molecular complexity index is 119. The van der Waals surface area contributed by atoms with Gasteiger partial charge in [0, 0.05) is 11.6 Å². The lowest BCUT2D eigenvalue weighted by Crippen LogP contribution is -1.80. The molecule has 3 nitrogen and oxygen atoms in total. The van der Waals surface area contributed by atoms with Gasteiger partial charge in [0.1, 0.15) is 5.16 Å². The number of rotatable bonds is 1. The van der Waals surface area contributed by atoms with Crippen molar-refractivity contribution in [1.29, 1.82) is 0 Å². The molecule has 5 heteroatoms. The Balaban J connectivity index is 3.32. The molecule has 0 atom stereocenters. The van der Waals surface area contributed by atoms with E-state index < -0.39 is 5.43 Å². The first kappa shape index (κ1) is 6.56. The number of thiocarbonyl (C=S) groups is 1. The van der Waals surface area contributed by atoms with Gasteiger partial charge in [0.25, 0.3) is 0 Å². The molecule has 0 amide bonds. The lowest BCUT2D eigenvalue weighted by Gasteiger charge is -1.76. The van der Waals surface area contributed by atoms with Crippen LogP contribution in [0, 0.1) is 0 Å². The number of hydrogen-bond donors (Lipinski definition) is 0. The molecule has 0 aromatic heterocycles. The van der Waals surface area contributed by atoms with Gasteiger partial charge in [0.15, 0.2) is 0 Å². The summed E-state index contributed by atoms with van der Waals surface area (Å²) in [5.74, 6) is 0. The van der Waals surface area contributed by atoms with E-state index in [2.05, 4.69) is 33.8 Å². The largest absolute Gasteiger partial charge is 0.430 e. The first-order valence-corrected chi connectivity index (χ1v) is 1.99. The number of halogens is 1. The molecule has 0 bridgehead atoms. The number of nitrogens with zero attached hydrogens (tertiary/aromatic N) is 1. The van der Waals surface area contributed by atoms with Gasteiger partial charge >= 0.3 is 5.43 Å². The highest BCUT2D eigenvalue weighted by Gasteiger charge is 1.87. The van der Waals surface area contributed by atoms with Gasteiger partial charge in [0.2, 0.25) is 0 Å². The molecule has 0 unspecified atom stereocenters. The van der Waals surface area contributed by atoms with Crippen LogP contribution in [0.1, 0.15) is 0 Å². The Morgan fingerprint density at radius 1 is 2.00 bits per heavy atom. The molecule has 0 saturated heterocycles. The van der Waals surface area contributed by atoms with E-state index >= 15 is 0 Å². The van der Waals surface area contributed by atoms with Crippen LogP contribution in [0.25, 0.3) is 0 Å². The second-order valence-electron chi connectivity index (χ2n) is 0.511. The van der Waals surface area contributed by atoms with Crippen molar-refractivity contribution >= 4 is 34.4 Å². The fraction of sp³-hybridized carbons (Fsp3) is 0. The van der Waals surface area contributed by atoms with Crippen LogP contribution in [-0.2, 0) is 4.84 Å². The average molecular weight is 138 g/mol. The minimum atomic E-state index is -1.02. The summed E-state index contributed by atoms with van der Waals surface area (Å²) in [7, 11) is 0. The van der Waals surface area contributed by atoms with Crippen LogP contribution in [0.15, 0.2) is 5.16 Å².